The summed E-state index contributed by atoms with van der Waals surface area (Å²) in [6.45, 7) is 13.0. The fourth-order valence-electron chi connectivity index (χ4n) is 4.01. The quantitative estimate of drug-likeness (QED) is 0.486. The summed E-state index contributed by atoms with van der Waals surface area (Å²) in [5.41, 5.74) is 3.37. The van der Waals surface area contributed by atoms with Crippen LogP contribution in [-0.2, 0) is 12.0 Å². The van der Waals surface area contributed by atoms with Crippen molar-refractivity contribution in [2.24, 2.45) is 0 Å². The number of piperazine rings is 1. The number of hydrogen-bond acceptors (Lipinski definition) is 8. The van der Waals surface area contributed by atoms with Crippen molar-refractivity contribution in [2.45, 2.75) is 39.7 Å². The predicted molar refractivity (Wildman–Crippen MR) is 131 cm³/mol. The van der Waals surface area contributed by atoms with Crippen LogP contribution in [0.1, 0.15) is 37.7 Å². The summed E-state index contributed by atoms with van der Waals surface area (Å²) < 4.78 is 7.35. The van der Waals surface area contributed by atoms with Crippen LogP contribution in [-0.4, -0.2) is 56.1 Å². The Morgan fingerprint density at radius 2 is 1.76 bits per heavy atom. The number of nitrogens with one attached hydrogen (secondary N) is 1. The largest absolute Gasteiger partial charge is 0.354 e. The molecule has 9 nitrogen and oxygen atoms in total. The number of rotatable bonds is 5. The van der Waals surface area contributed by atoms with Gasteiger partial charge in [0.1, 0.15) is 11.6 Å². The number of hydrogen-bond donors (Lipinski definition) is 1. The predicted octanol–water partition coefficient (Wildman–Crippen LogP) is 3.45. The second-order valence-electron chi connectivity index (χ2n) is 9.65. The first-order valence-electron chi connectivity index (χ1n) is 11.6. The van der Waals surface area contributed by atoms with E-state index in [0.717, 1.165) is 48.9 Å². The average Bonchev–Trinajstić information content (AvgIpc) is 3.47. The van der Waals surface area contributed by atoms with E-state index in [4.69, 9.17) is 4.52 Å². The number of aryl methyl sites for hydroxylation is 1. The zero-order valence-corrected chi connectivity index (χ0v) is 20.1. The van der Waals surface area contributed by atoms with E-state index in [9.17, 15) is 0 Å². The normalized spacial score (nSPS) is 14.5. The van der Waals surface area contributed by atoms with E-state index in [1.807, 2.05) is 36.0 Å². The van der Waals surface area contributed by atoms with Crippen LogP contribution in [0.25, 0.3) is 23.1 Å². The molecular formula is C25H30N8O. The first-order valence-corrected chi connectivity index (χ1v) is 11.6. The van der Waals surface area contributed by atoms with Gasteiger partial charge in [-0.15, -0.1) is 5.10 Å². The number of nitrogens with zero attached hydrogens (tertiary/aromatic N) is 7. The topological polar surface area (TPSA) is 97.8 Å². The van der Waals surface area contributed by atoms with Crippen LogP contribution in [0, 0.1) is 6.92 Å². The number of benzene rings is 1. The summed E-state index contributed by atoms with van der Waals surface area (Å²) in [4.78, 5) is 16.0. The maximum absolute atomic E-state index is 5.50. The second kappa shape index (κ2) is 8.98. The van der Waals surface area contributed by atoms with Crippen LogP contribution in [0.5, 0.6) is 0 Å². The number of anilines is 1. The highest BCUT2D eigenvalue weighted by Crippen LogP contribution is 2.26. The highest BCUT2D eigenvalue weighted by Gasteiger charge is 2.19. The van der Waals surface area contributed by atoms with E-state index < -0.39 is 0 Å². The average molecular weight is 459 g/mol. The molecule has 1 saturated heterocycles. The zero-order chi connectivity index (χ0) is 23.7. The third-order valence-corrected chi connectivity index (χ3v) is 6.07. The Balaban J connectivity index is 1.33. The molecule has 0 atom stereocenters. The molecule has 1 fully saturated rings. The van der Waals surface area contributed by atoms with Crippen LogP contribution in [0.3, 0.4) is 0 Å². The summed E-state index contributed by atoms with van der Waals surface area (Å²) in [5.74, 6) is 3.05. The molecule has 176 valence electrons. The molecular weight excluding hydrogens is 428 g/mol. The summed E-state index contributed by atoms with van der Waals surface area (Å²) in [6.07, 6.45) is 1.86. The van der Waals surface area contributed by atoms with E-state index in [1.54, 1.807) is 0 Å². The molecule has 4 aromatic rings. The lowest BCUT2D eigenvalue weighted by molar-refractivity contribution is 0.429. The molecule has 1 aliphatic rings. The van der Waals surface area contributed by atoms with Gasteiger partial charge in [-0.25, -0.2) is 14.6 Å². The van der Waals surface area contributed by atoms with E-state index in [2.05, 4.69) is 74.4 Å². The molecule has 9 heteroatoms. The van der Waals surface area contributed by atoms with Gasteiger partial charge < -0.3 is 14.7 Å². The molecule has 0 spiro atoms. The minimum atomic E-state index is 0.0930. The monoisotopic (exact) mass is 458 g/mol. The van der Waals surface area contributed by atoms with E-state index in [-0.39, 0.29) is 5.41 Å². The summed E-state index contributed by atoms with van der Waals surface area (Å²) in [6, 6.07) is 12.4. The van der Waals surface area contributed by atoms with Gasteiger partial charge >= 0.3 is 0 Å². The van der Waals surface area contributed by atoms with Gasteiger partial charge in [-0.3, -0.25) is 0 Å². The van der Waals surface area contributed by atoms with Crippen LogP contribution in [0.2, 0.25) is 0 Å². The van der Waals surface area contributed by atoms with Gasteiger partial charge in [-0.2, -0.15) is 4.98 Å². The molecule has 34 heavy (non-hydrogen) atoms. The summed E-state index contributed by atoms with van der Waals surface area (Å²) in [7, 11) is 0. The van der Waals surface area contributed by atoms with Gasteiger partial charge in [0.15, 0.2) is 0 Å². The molecule has 0 aliphatic carbocycles. The SMILES string of the molecule is Cc1nc(-c2nc(-c3ccc(C(C)(C)C)cc3)no2)nn1Cc1ccnc(N2CCNCC2)c1. The van der Waals surface area contributed by atoms with Crippen LogP contribution < -0.4 is 10.2 Å². The lowest BCUT2D eigenvalue weighted by Gasteiger charge is -2.28. The Hall–Kier alpha value is -3.59. The van der Waals surface area contributed by atoms with Crippen LogP contribution in [0.15, 0.2) is 47.1 Å². The van der Waals surface area contributed by atoms with Gasteiger partial charge in [0.25, 0.3) is 5.89 Å². The fraction of sp³-hybridized carbons (Fsp3) is 0.400. The van der Waals surface area contributed by atoms with E-state index >= 15 is 0 Å². The van der Waals surface area contributed by atoms with Crippen molar-refractivity contribution < 1.29 is 4.52 Å². The highest BCUT2D eigenvalue weighted by atomic mass is 16.5. The van der Waals surface area contributed by atoms with Crippen molar-refractivity contribution in [3.63, 3.8) is 0 Å². The molecule has 4 heterocycles. The molecule has 1 N–H and O–H groups in total. The molecule has 5 rings (SSSR count). The molecule has 1 aliphatic heterocycles. The second-order valence-corrected chi connectivity index (χ2v) is 9.65. The third kappa shape index (κ3) is 4.70. The molecule has 0 amide bonds. The molecule has 0 radical (unpaired) electrons. The van der Waals surface area contributed by atoms with Crippen molar-refractivity contribution in [3.8, 4) is 23.1 Å². The van der Waals surface area contributed by atoms with Crippen molar-refractivity contribution in [1.29, 1.82) is 0 Å². The van der Waals surface area contributed by atoms with Crippen molar-refractivity contribution >= 4 is 5.82 Å². The van der Waals surface area contributed by atoms with Crippen LogP contribution >= 0.6 is 0 Å². The summed E-state index contributed by atoms with van der Waals surface area (Å²) in [5, 5.41) is 12.2. The standard InChI is InChI=1S/C25H30N8O/c1-17-28-23(24-29-22(31-34-24)19-5-7-20(8-6-19)25(2,3)4)30-33(17)16-18-9-10-27-21(15-18)32-13-11-26-12-14-32/h5-10,15,26H,11-14,16H2,1-4H3. The molecule has 3 aromatic heterocycles. The minimum Gasteiger partial charge on any atom is -0.354 e. The Morgan fingerprint density at radius 3 is 2.50 bits per heavy atom. The van der Waals surface area contributed by atoms with Gasteiger partial charge in [0.05, 0.1) is 6.54 Å². The number of pyridine rings is 1. The fourth-order valence-corrected chi connectivity index (χ4v) is 4.01. The number of aromatic nitrogens is 6. The minimum absolute atomic E-state index is 0.0930. The van der Waals surface area contributed by atoms with E-state index in [1.165, 1.54) is 5.56 Å². The Labute approximate surface area is 199 Å². The molecule has 0 unspecified atom stereocenters. The first kappa shape index (κ1) is 22.2. The highest BCUT2D eigenvalue weighted by molar-refractivity contribution is 5.57. The first-order chi connectivity index (χ1) is 16.4. The third-order valence-electron chi connectivity index (χ3n) is 6.07. The molecule has 0 saturated carbocycles. The smallest absolute Gasteiger partial charge is 0.297 e. The molecule has 1 aromatic carbocycles. The Kier molecular flexibility index (Phi) is 5.87. The summed E-state index contributed by atoms with van der Waals surface area (Å²) >= 11 is 0. The van der Waals surface area contributed by atoms with Crippen molar-refractivity contribution in [3.05, 3.63) is 59.5 Å². The Morgan fingerprint density at radius 1 is 1.00 bits per heavy atom. The maximum Gasteiger partial charge on any atom is 0.297 e. The van der Waals surface area contributed by atoms with Gasteiger partial charge in [-0.05, 0) is 35.6 Å². The van der Waals surface area contributed by atoms with Gasteiger partial charge in [0.2, 0.25) is 11.6 Å². The lowest BCUT2D eigenvalue weighted by atomic mass is 9.87. The molecule has 0 bridgehead atoms. The maximum atomic E-state index is 5.50. The Bertz CT molecular complexity index is 1260. The van der Waals surface area contributed by atoms with Crippen molar-refractivity contribution in [1.82, 2.24) is 35.2 Å². The lowest BCUT2D eigenvalue weighted by Crippen LogP contribution is -2.43. The van der Waals surface area contributed by atoms with Gasteiger partial charge in [-0.1, -0.05) is 50.2 Å². The zero-order valence-electron chi connectivity index (χ0n) is 20.1. The van der Waals surface area contributed by atoms with Gasteiger partial charge in [0, 0.05) is 37.9 Å². The van der Waals surface area contributed by atoms with E-state index in [0.29, 0.717) is 24.1 Å². The van der Waals surface area contributed by atoms with Crippen molar-refractivity contribution in [2.75, 3.05) is 31.1 Å². The van der Waals surface area contributed by atoms with Crippen LogP contribution in [0.4, 0.5) is 5.82 Å².